The van der Waals surface area contributed by atoms with Gasteiger partial charge >= 0.3 is 0 Å². The molecule has 2 heteroatoms. The molecule has 2 aromatic carbocycles. The fourth-order valence-electron chi connectivity index (χ4n) is 1.87. The second kappa shape index (κ2) is 6.22. The lowest BCUT2D eigenvalue weighted by molar-refractivity contribution is 0.339. The molecule has 0 aromatic heterocycles. The molecule has 2 N–H and O–H groups in total. The Balaban J connectivity index is 2.15. The summed E-state index contributed by atoms with van der Waals surface area (Å²) in [6, 6.07) is 17.6. The van der Waals surface area contributed by atoms with Gasteiger partial charge in [0.25, 0.3) is 0 Å². The van der Waals surface area contributed by atoms with Crippen LogP contribution in [0, 0.1) is 6.07 Å². The lowest BCUT2D eigenvalue weighted by Crippen LogP contribution is -2.02. The zero-order valence-electron chi connectivity index (χ0n) is 10.6. The summed E-state index contributed by atoms with van der Waals surface area (Å²) in [6.45, 7) is 3.33. The first-order chi connectivity index (χ1) is 8.83. The topological polar surface area (TPSA) is 35.2 Å². The summed E-state index contributed by atoms with van der Waals surface area (Å²) < 4.78 is 5.38. The zero-order chi connectivity index (χ0) is 12.8. The summed E-state index contributed by atoms with van der Waals surface area (Å²) in [5.41, 5.74) is 9.15. The molecule has 0 amide bonds. The van der Waals surface area contributed by atoms with E-state index >= 15 is 0 Å². The van der Waals surface area contributed by atoms with Crippen molar-refractivity contribution in [2.45, 2.75) is 13.3 Å². The molecule has 18 heavy (non-hydrogen) atoms. The number of rotatable bonds is 5. The normalized spacial score (nSPS) is 10.3. The van der Waals surface area contributed by atoms with Gasteiger partial charge in [-0.3, -0.25) is 0 Å². The highest BCUT2D eigenvalue weighted by Crippen LogP contribution is 2.22. The molecule has 2 nitrogen and oxygen atoms in total. The quantitative estimate of drug-likeness (QED) is 0.871. The SMILES string of the molecule is CCOc1[c]cc(-c2ccc(CCN)cc2)cc1. The standard InChI is InChI=1S/C16H18NO/c1-2-18-16-9-7-15(8-10-16)14-5-3-13(4-6-14)11-12-17/h3-9H,2,11-12,17H2,1H3. The Hall–Kier alpha value is -1.80. The molecule has 0 aliphatic heterocycles. The Morgan fingerprint density at radius 2 is 1.78 bits per heavy atom. The van der Waals surface area contributed by atoms with Crippen molar-refractivity contribution in [2.24, 2.45) is 5.73 Å². The van der Waals surface area contributed by atoms with Crippen LogP contribution in [0.25, 0.3) is 11.1 Å². The number of nitrogens with two attached hydrogens (primary N) is 1. The molecule has 1 radical (unpaired) electrons. The van der Waals surface area contributed by atoms with Gasteiger partial charge in [-0.2, -0.15) is 0 Å². The minimum Gasteiger partial charge on any atom is -0.493 e. The molecular weight excluding hydrogens is 222 g/mol. The Labute approximate surface area is 108 Å². The lowest BCUT2D eigenvalue weighted by atomic mass is 10.0. The van der Waals surface area contributed by atoms with Gasteiger partial charge in [-0.25, -0.2) is 0 Å². The Morgan fingerprint density at radius 3 is 2.33 bits per heavy atom. The van der Waals surface area contributed by atoms with Gasteiger partial charge in [0.05, 0.1) is 6.61 Å². The predicted molar refractivity (Wildman–Crippen MR) is 74.6 cm³/mol. The van der Waals surface area contributed by atoms with Gasteiger partial charge in [-0.05, 0) is 48.7 Å². The third-order valence-corrected chi connectivity index (χ3v) is 2.80. The number of hydrogen-bond donors (Lipinski definition) is 1. The van der Waals surface area contributed by atoms with E-state index in [9.17, 15) is 0 Å². The van der Waals surface area contributed by atoms with Gasteiger partial charge in [0.1, 0.15) is 5.75 Å². The third-order valence-electron chi connectivity index (χ3n) is 2.80. The van der Waals surface area contributed by atoms with Crippen LogP contribution in [0.5, 0.6) is 5.75 Å². The van der Waals surface area contributed by atoms with E-state index in [-0.39, 0.29) is 0 Å². The van der Waals surface area contributed by atoms with Crippen molar-refractivity contribution in [2.75, 3.05) is 13.2 Å². The Morgan fingerprint density at radius 1 is 1.06 bits per heavy atom. The van der Waals surface area contributed by atoms with Gasteiger partial charge < -0.3 is 10.5 Å². The van der Waals surface area contributed by atoms with Crippen molar-refractivity contribution in [3.05, 3.63) is 54.1 Å². The van der Waals surface area contributed by atoms with Crippen LogP contribution in [-0.4, -0.2) is 13.2 Å². The Kier molecular flexibility index (Phi) is 4.37. The third kappa shape index (κ3) is 3.11. The Bertz CT molecular complexity index is 426. The second-order valence-electron chi connectivity index (χ2n) is 4.11. The highest BCUT2D eigenvalue weighted by atomic mass is 16.5. The van der Waals surface area contributed by atoms with E-state index in [4.69, 9.17) is 10.5 Å². The van der Waals surface area contributed by atoms with Crippen molar-refractivity contribution in [1.29, 1.82) is 0 Å². The average Bonchev–Trinajstić information content (AvgIpc) is 2.41. The predicted octanol–water partition coefficient (Wildman–Crippen LogP) is 3.05. The van der Waals surface area contributed by atoms with Gasteiger partial charge in [0.15, 0.2) is 0 Å². The molecule has 0 spiro atoms. The maximum atomic E-state index is 5.54. The van der Waals surface area contributed by atoms with Crippen LogP contribution in [0.2, 0.25) is 0 Å². The monoisotopic (exact) mass is 240 g/mol. The molecule has 0 aliphatic rings. The van der Waals surface area contributed by atoms with Crippen molar-refractivity contribution in [1.82, 2.24) is 0 Å². The minimum absolute atomic E-state index is 0.670. The van der Waals surface area contributed by atoms with E-state index < -0.39 is 0 Å². The van der Waals surface area contributed by atoms with Crippen molar-refractivity contribution in [3.63, 3.8) is 0 Å². The molecular formula is C16H18NO. The van der Waals surface area contributed by atoms with Gasteiger partial charge in [-0.15, -0.1) is 0 Å². The molecule has 93 valence electrons. The van der Waals surface area contributed by atoms with E-state index in [0.29, 0.717) is 13.2 Å². The summed E-state index contributed by atoms with van der Waals surface area (Å²) in [7, 11) is 0. The van der Waals surface area contributed by atoms with Gasteiger partial charge in [0.2, 0.25) is 0 Å². The van der Waals surface area contributed by atoms with Gasteiger partial charge in [0, 0.05) is 6.07 Å². The first-order valence-corrected chi connectivity index (χ1v) is 6.27. The van der Waals surface area contributed by atoms with Crippen LogP contribution >= 0.6 is 0 Å². The fourth-order valence-corrected chi connectivity index (χ4v) is 1.87. The lowest BCUT2D eigenvalue weighted by Gasteiger charge is -2.06. The summed E-state index contributed by atoms with van der Waals surface area (Å²) in [4.78, 5) is 0. The van der Waals surface area contributed by atoms with Gasteiger partial charge in [-0.1, -0.05) is 30.3 Å². The van der Waals surface area contributed by atoms with Crippen molar-refractivity contribution >= 4 is 0 Å². The number of hydrogen-bond acceptors (Lipinski definition) is 2. The zero-order valence-corrected chi connectivity index (χ0v) is 10.6. The molecule has 0 atom stereocenters. The van der Waals surface area contributed by atoms with E-state index in [1.54, 1.807) is 0 Å². The maximum absolute atomic E-state index is 5.54. The summed E-state index contributed by atoms with van der Waals surface area (Å²) in [5, 5.41) is 0. The first kappa shape index (κ1) is 12.7. The summed E-state index contributed by atoms with van der Waals surface area (Å²) in [6.07, 6.45) is 0.926. The molecule has 0 saturated heterocycles. The molecule has 0 bridgehead atoms. The molecule has 0 saturated carbocycles. The van der Waals surface area contributed by atoms with Crippen LogP contribution in [-0.2, 0) is 6.42 Å². The van der Waals surface area contributed by atoms with Crippen LogP contribution in [0.3, 0.4) is 0 Å². The van der Waals surface area contributed by atoms with Crippen LogP contribution in [0.4, 0.5) is 0 Å². The highest BCUT2D eigenvalue weighted by Gasteiger charge is 1.99. The summed E-state index contributed by atoms with van der Waals surface area (Å²) >= 11 is 0. The smallest absolute Gasteiger partial charge is 0.127 e. The van der Waals surface area contributed by atoms with E-state index in [1.165, 1.54) is 11.1 Å². The molecule has 0 heterocycles. The first-order valence-electron chi connectivity index (χ1n) is 6.27. The summed E-state index contributed by atoms with van der Waals surface area (Å²) in [5.74, 6) is 0.793. The molecule has 0 aliphatic carbocycles. The number of benzene rings is 2. The maximum Gasteiger partial charge on any atom is 0.127 e. The molecule has 0 unspecified atom stereocenters. The van der Waals surface area contributed by atoms with E-state index in [0.717, 1.165) is 17.7 Å². The average molecular weight is 240 g/mol. The van der Waals surface area contributed by atoms with Crippen molar-refractivity contribution < 1.29 is 4.74 Å². The second-order valence-corrected chi connectivity index (χ2v) is 4.11. The van der Waals surface area contributed by atoms with E-state index in [1.807, 2.05) is 19.1 Å². The molecule has 2 rings (SSSR count). The van der Waals surface area contributed by atoms with E-state index in [2.05, 4.69) is 36.4 Å². The molecule has 2 aromatic rings. The minimum atomic E-state index is 0.670. The molecule has 0 fully saturated rings. The number of ether oxygens (including phenoxy) is 1. The highest BCUT2D eigenvalue weighted by molar-refractivity contribution is 5.64. The van der Waals surface area contributed by atoms with Crippen LogP contribution in [0.1, 0.15) is 12.5 Å². The van der Waals surface area contributed by atoms with Crippen LogP contribution in [0.15, 0.2) is 42.5 Å². The largest absolute Gasteiger partial charge is 0.493 e. The van der Waals surface area contributed by atoms with Crippen LogP contribution < -0.4 is 10.5 Å². The fraction of sp³-hybridized carbons (Fsp3) is 0.250. The van der Waals surface area contributed by atoms with Crippen molar-refractivity contribution in [3.8, 4) is 16.9 Å².